The van der Waals surface area contributed by atoms with Gasteiger partial charge in [0.15, 0.2) is 11.5 Å². The van der Waals surface area contributed by atoms with Crippen molar-refractivity contribution in [1.82, 2.24) is 10.6 Å². The van der Waals surface area contributed by atoms with Crippen molar-refractivity contribution >= 4 is 29.4 Å². The third kappa shape index (κ3) is 4.95. The monoisotopic (exact) mass is 339 g/mol. The SMILES string of the molecule is COc1ccc(NC(=O)CSC2CC(C)NC(=O)N2)cc1OC. The number of thioether (sulfide) groups is 1. The minimum absolute atomic E-state index is 0.0603. The fourth-order valence-electron chi connectivity index (χ4n) is 2.25. The van der Waals surface area contributed by atoms with E-state index in [0.717, 1.165) is 6.42 Å². The van der Waals surface area contributed by atoms with Crippen LogP contribution in [0.3, 0.4) is 0 Å². The van der Waals surface area contributed by atoms with Crippen LogP contribution in [0.4, 0.5) is 10.5 Å². The highest BCUT2D eigenvalue weighted by molar-refractivity contribution is 8.00. The van der Waals surface area contributed by atoms with Crippen molar-refractivity contribution in [2.24, 2.45) is 0 Å². The first-order chi connectivity index (χ1) is 11.0. The molecule has 0 radical (unpaired) electrons. The molecule has 1 aromatic carbocycles. The molecule has 1 fully saturated rings. The number of hydrogen-bond donors (Lipinski definition) is 3. The number of hydrogen-bond acceptors (Lipinski definition) is 5. The summed E-state index contributed by atoms with van der Waals surface area (Å²) in [5, 5.41) is 8.31. The van der Waals surface area contributed by atoms with Gasteiger partial charge in [-0.2, -0.15) is 0 Å². The summed E-state index contributed by atoms with van der Waals surface area (Å²) in [4.78, 5) is 23.4. The highest BCUT2D eigenvalue weighted by Gasteiger charge is 2.23. The van der Waals surface area contributed by atoms with Gasteiger partial charge in [-0.1, -0.05) is 0 Å². The van der Waals surface area contributed by atoms with E-state index in [1.54, 1.807) is 32.4 Å². The minimum Gasteiger partial charge on any atom is -0.493 e. The standard InChI is InChI=1S/C15H21N3O4S/c1-9-6-14(18-15(20)16-9)23-8-13(19)17-10-4-5-11(21-2)12(7-10)22-3/h4-5,7,9,14H,6,8H2,1-3H3,(H,17,19)(H2,16,18,20). The van der Waals surface area contributed by atoms with Crippen LogP contribution in [-0.4, -0.2) is 43.3 Å². The van der Waals surface area contributed by atoms with Crippen LogP contribution in [-0.2, 0) is 4.79 Å². The molecule has 23 heavy (non-hydrogen) atoms. The molecular formula is C15H21N3O4S. The molecule has 1 heterocycles. The molecule has 1 aliphatic heterocycles. The number of nitrogens with one attached hydrogen (secondary N) is 3. The molecule has 1 aromatic rings. The molecule has 2 atom stereocenters. The number of rotatable bonds is 6. The maximum atomic E-state index is 12.0. The van der Waals surface area contributed by atoms with Gasteiger partial charge < -0.3 is 25.4 Å². The zero-order valence-corrected chi connectivity index (χ0v) is 14.2. The van der Waals surface area contributed by atoms with E-state index < -0.39 is 0 Å². The first-order valence-electron chi connectivity index (χ1n) is 7.22. The van der Waals surface area contributed by atoms with Gasteiger partial charge in [0, 0.05) is 17.8 Å². The lowest BCUT2D eigenvalue weighted by atomic mass is 10.2. The summed E-state index contributed by atoms with van der Waals surface area (Å²) in [6, 6.07) is 5.10. The zero-order chi connectivity index (χ0) is 16.8. The van der Waals surface area contributed by atoms with Crippen LogP contribution in [0.15, 0.2) is 18.2 Å². The van der Waals surface area contributed by atoms with Crippen LogP contribution in [0.1, 0.15) is 13.3 Å². The normalized spacial score (nSPS) is 20.2. The van der Waals surface area contributed by atoms with Crippen LogP contribution in [0.2, 0.25) is 0 Å². The Hall–Kier alpha value is -2.09. The lowest BCUT2D eigenvalue weighted by Crippen LogP contribution is -2.52. The van der Waals surface area contributed by atoms with Crippen molar-refractivity contribution in [3.63, 3.8) is 0 Å². The van der Waals surface area contributed by atoms with Crippen LogP contribution >= 0.6 is 11.8 Å². The lowest BCUT2D eigenvalue weighted by molar-refractivity contribution is -0.113. The van der Waals surface area contributed by atoms with Crippen LogP contribution in [0.25, 0.3) is 0 Å². The fraction of sp³-hybridized carbons (Fsp3) is 0.467. The number of ether oxygens (including phenoxy) is 2. The molecule has 3 N–H and O–H groups in total. The average molecular weight is 339 g/mol. The van der Waals surface area contributed by atoms with Gasteiger partial charge in [-0.3, -0.25) is 4.79 Å². The fourth-order valence-corrected chi connectivity index (χ4v) is 3.29. The van der Waals surface area contributed by atoms with Crippen molar-refractivity contribution < 1.29 is 19.1 Å². The molecular weight excluding hydrogens is 318 g/mol. The van der Waals surface area contributed by atoms with E-state index >= 15 is 0 Å². The molecule has 0 saturated carbocycles. The zero-order valence-electron chi connectivity index (χ0n) is 13.3. The van der Waals surface area contributed by atoms with E-state index in [4.69, 9.17) is 9.47 Å². The Bertz CT molecular complexity index is 582. The molecule has 0 spiro atoms. The number of amides is 3. The average Bonchev–Trinajstić information content (AvgIpc) is 2.52. The Morgan fingerprint density at radius 2 is 2.04 bits per heavy atom. The number of carbonyl (C=O) groups excluding carboxylic acids is 2. The Kier molecular flexibility index (Phi) is 5.97. The molecule has 2 unspecified atom stereocenters. The molecule has 2 rings (SSSR count). The number of methoxy groups -OCH3 is 2. The van der Waals surface area contributed by atoms with E-state index in [2.05, 4.69) is 16.0 Å². The topological polar surface area (TPSA) is 88.7 Å². The van der Waals surface area contributed by atoms with Crippen LogP contribution in [0.5, 0.6) is 11.5 Å². The number of carbonyl (C=O) groups is 2. The number of urea groups is 1. The summed E-state index contributed by atoms with van der Waals surface area (Å²) in [6.07, 6.45) is 0.778. The van der Waals surface area contributed by atoms with Crippen molar-refractivity contribution in [3.05, 3.63) is 18.2 Å². The molecule has 0 aliphatic carbocycles. The first-order valence-corrected chi connectivity index (χ1v) is 8.27. The summed E-state index contributed by atoms with van der Waals surface area (Å²) >= 11 is 1.41. The van der Waals surface area contributed by atoms with E-state index in [1.165, 1.54) is 11.8 Å². The van der Waals surface area contributed by atoms with Crippen molar-refractivity contribution in [3.8, 4) is 11.5 Å². The second kappa shape index (κ2) is 7.96. The van der Waals surface area contributed by atoms with Gasteiger partial charge in [-0.15, -0.1) is 11.8 Å². The summed E-state index contributed by atoms with van der Waals surface area (Å²) in [6.45, 7) is 1.94. The maximum absolute atomic E-state index is 12.0. The van der Waals surface area contributed by atoms with Crippen molar-refractivity contribution in [2.75, 3.05) is 25.3 Å². The predicted octanol–water partition coefficient (Wildman–Crippen LogP) is 1.79. The second-order valence-corrected chi connectivity index (χ2v) is 6.36. The molecule has 0 aromatic heterocycles. The minimum atomic E-state index is -0.193. The molecule has 3 amide bonds. The molecule has 126 valence electrons. The third-order valence-corrected chi connectivity index (χ3v) is 4.46. The highest BCUT2D eigenvalue weighted by Crippen LogP contribution is 2.29. The lowest BCUT2D eigenvalue weighted by Gasteiger charge is -2.28. The molecule has 0 bridgehead atoms. The van der Waals surface area contributed by atoms with Crippen molar-refractivity contribution in [1.29, 1.82) is 0 Å². The largest absolute Gasteiger partial charge is 0.493 e. The van der Waals surface area contributed by atoms with E-state index in [-0.39, 0.29) is 29.1 Å². The Labute approximate surface area is 139 Å². The van der Waals surface area contributed by atoms with Gasteiger partial charge in [0.2, 0.25) is 5.91 Å². The quantitative estimate of drug-likeness (QED) is 0.735. The van der Waals surface area contributed by atoms with Gasteiger partial charge in [0.05, 0.1) is 25.3 Å². The van der Waals surface area contributed by atoms with Crippen molar-refractivity contribution in [2.45, 2.75) is 24.8 Å². The Morgan fingerprint density at radius 3 is 2.70 bits per heavy atom. The van der Waals surface area contributed by atoms with E-state index in [0.29, 0.717) is 17.2 Å². The van der Waals surface area contributed by atoms with Gasteiger partial charge >= 0.3 is 6.03 Å². The summed E-state index contributed by atoms with van der Waals surface area (Å²) in [5.74, 6) is 1.28. The third-order valence-electron chi connectivity index (χ3n) is 3.32. The van der Waals surface area contributed by atoms with Gasteiger partial charge in [-0.05, 0) is 25.5 Å². The van der Waals surface area contributed by atoms with Gasteiger partial charge in [0.1, 0.15) is 0 Å². The summed E-state index contributed by atoms with van der Waals surface area (Å²) < 4.78 is 10.4. The molecule has 8 heteroatoms. The summed E-state index contributed by atoms with van der Waals surface area (Å²) in [5.41, 5.74) is 0.635. The second-order valence-electron chi connectivity index (χ2n) is 5.17. The Morgan fingerprint density at radius 1 is 1.30 bits per heavy atom. The Balaban J connectivity index is 1.86. The molecule has 1 aliphatic rings. The molecule has 1 saturated heterocycles. The highest BCUT2D eigenvalue weighted by atomic mass is 32.2. The first kappa shape index (κ1) is 17.3. The predicted molar refractivity (Wildman–Crippen MR) is 90.2 cm³/mol. The van der Waals surface area contributed by atoms with Crippen LogP contribution in [0, 0.1) is 0 Å². The smallest absolute Gasteiger partial charge is 0.315 e. The molecule has 7 nitrogen and oxygen atoms in total. The maximum Gasteiger partial charge on any atom is 0.315 e. The van der Waals surface area contributed by atoms with E-state index in [1.807, 2.05) is 6.92 Å². The van der Waals surface area contributed by atoms with Gasteiger partial charge in [0.25, 0.3) is 0 Å². The van der Waals surface area contributed by atoms with Crippen LogP contribution < -0.4 is 25.4 Å². The number of anilines is 1. The number of benzene rings is 1. The van der Waals surface area contributed by atoms with Gasteiger partial charge in [-0.25, -0.2) is 4.79 Å². The van der Waals surface area contributed by atoms with E-state index in [9.17, 15) is 9.59 Å². The summed E-state index contributed by atoms with van der Waals surface area (Å²) in [7, 11) is 3.10.